The van der Waals surface area contributed by atoms with Crippen LogP contribution in [0.5, 0.6) is 0 Å². The van der Waals surface area contributed by atoms with E-state index in [9.17, 15) is 34.7 Å². The number of phosphoric acid groups is 1. The molecule has 4 heterocycles. The molecule has 204 valence electrons. The Bertz CT molecular complexity index is 1360. The lowest BCUT2D eigenvalue weighted by Crippen LogP contribution is -2.31. The monoisotopic (exact) mass is 557 g/mol. The van der Waals surface area contributed by atoms with E-state index in [1.165, 1.54) is 24.4 Å². The van der Waals surface area contributed by atoms with Crippen molar-refractivity contribution in [2.75, 3.05) is 12.3 Å². The first-order chi connectivity index (χ1) is 18.0. The minimum absolute atomic E-state index is 0.0161. The average molecular weight is 557 g/mol. The van der Waals surface area contributed by atoms with Gasteiger partial charge in [0.05, 0.1) is 24.8 Å². The Kier molecular flexibility index (Phi) is 8.00. The molecule has 1 aliphatic heterocycles. The molecule has 1 fully saturated rings. The van der Waals surface area contributed by atoms with Gasteiger partial charge >= 0.3 is 25.3 Å². The van der Waals surface area contributed by atoms with Gasteiger partial charge in [-0.2, -0.15) is 4.98 Å². The van der Waals surface area contributed by atoms with Crippen LogP contribution >= 0.6 is 7.82 Å². The van der Waals surface area contributed by atoms with Crippen molar-refractivity contribution in [3.8, 4) is 0 Å². The van der Waals surface area contributed by atoms with Crippen LogP contribution in [0.3, 0.4) is 0 Å². The first kappa shape index (κ1) is 27.1. The number of phosphoric ester groups is 1. The van der Waals surface area contributed by atoms with E-state index < -0.39 is 73.4 Å². The van der Waals surface area contributed by atoms with Gasteiger partial charge in [-0.25, -0.2) is 9.36 Å². The lowest BCUT2D eigenvalue weighted by atomic mass is 10.2. The molecule has 0 radical (unpaired) electrons. The zero-order valence-electron chi connectivity index (χ0n) is 19.2. The summed E-state index contributed by atoms with van der Waals surface area (Å²) in [5, 5.41) is 32.0. The number of furan rings is 2. The van der Waals surface area contributed by atoms with E-state index in [1.807, 2.05) is 0 Å². The van der Waals surface area contributed by atoms with Crippen LogP contribution in [0.2, 0.25) is 0 Å². The van der Waals surface area contributed by atoms with E-state index in [4.69, 9.17) is 32.9 Å². The number of nitro groups is 2. The van der Waals surface area contributed by atoms with Crippen LogP contribution < -0.4 is 11.4 Å². The van der Waals surface area contributed by atoms with Crippen LogP contribution in [-0.4, -0.2) is 43.3 Å². The molecule has 3 atom stereocenters. The summed E-state index contributed by atoms with van der Waals surface area (Å²) in [5.74, 6) is -1.30. The lowest BCUT2D eigenvalue weighted by molar-refractivity contribution is -0.402. The van der Waals surface area contributed by atoms with Gasteiger partial charge in [0, 0.05) is 12.6 Å². The maximum atomic E-state index is 13.3. The number of aliphatic hydroxyl groups is 1. The van der Waals surface area contributed by atoms with Crippen LogP contribution in [0.1, 0.15) is 24.2 Å². The minimum Gasteiger partial charge on any atom is -0.403 e. The molecule has 19 heteroatoms. The van der Waals surface area contributed by atoms with Gasteiger partial charge in [-0.1, -0.05) is 0 Å². The Morgan fingerprint density at radius 3 is 2.13 bits per heavy atom. The van der Waals surface area contributed by atoms with Crippen LogP contribution in [0, 0.1) is 20.2 Å². The number of nitrogen functional groups attached to an aromatic ring is 1. The zero-order chi connectivity index (χ0) is 27.4. The van der Waals surface area contributed by atoms with Gasteiger partial charge in [-0.3, -0.25) is 38.4 Å². The number of hydrogen-bond donors (Lipinski definition) is 2. The van der Waals surface area contributed by atoms with Crippen LogP contribution in [0.4, 0.5) is 17.6 Å². The van der Waals surface area contributed by atoms with Crippen molar-refractivity contribution >= 4 is 25.4 Å². The average Bonchev–Trinajstić information content (AvgIpc) is 3.61. The summed E-state index contributed by atoms with van der Waals surface area (Å²) in [5.41, 5.74) is 4.71. The van der Waals surface area contributed by atoms with Gasteiger partial charge in [0.2, 0.25) is 0 Å². The molecule has 0 saturated carbocycles. The number of ether oxygens (including phenoxy) is 1. The highest BCUT2D eigenvalue weighted by molar-refractivity contribution is 7.48. The molecule has 0 spiro atoms. The van der Waals surface area contributed by atoms with Crippen molar-refractivity contribution < 1.29 is 46.7 Å². The highest BCUT2D eigenvalue weighted by atomic mass is 31.2. The summed E-state index contributed by atoms with van der Waals surface area (Å²) in [6.45, 7) is -1.57. The van der Waals surface area contributed by atoms with Crippen molar-refractivity contribution in [2.24, 2.45) is 0 Å². The fourth-order valence-corrected chi connectivity index (χ4v) is 4.51. The third-order valence-electron chi connectivity index (χ3n) is 5.09. The molecular weight excluding hydrogens is 537 g/mol. The maximum Gasteiger partial charge on any atom is 0.475 e. The molecule has 0 aliphatic carbocycles. The largest absolute Gasteiger partial charge is 0.475 e. The molecule has 4 rings (SSSR count). The summed E-state index contributed by atoms with van der Waals surface area (Å²) in [7, 11) is -4.48. The lowest BCUT2D eigenvalue weighted by Gasteiger charge is -2.20. The number of anilines is 1. The fraction of sp³-hybridized carbons (Fsp3) is 0.368. The van der Waals surface area contributed by atoms with E-state index in [0.717, 1.165) is 16.7 Å². The smallest absolute Gasteiger partial charge is 0.403 e. The Labute approximate surface area is 211 Å². The van der Waals surface area contributed by atoms with E-state index in [0.29, 0.717) is 0 Å². The Morgan fingerprint density at radius 1 is 1.05 bits per heavy atom. The molecule has 0 unspecified atom stereocenters. The summed E-state index contributed by atoms with van der Waals surface area (Å²) in [6, 6.07) is 5.91. The third-order valence-corrected chi connectivity index (χ3v) is 6.45. The molecule has 1 saturated heterocycles. The number of rotatable bonds is 12. The second-order valence-electron chi connectivity index (χ2n) is 7.78. The standard InChI is InChI=1S/C19H20N5O13P/c20-15-5-6-22(19(26)21-15)18-14(25)7-13(37-18)10-34-38(31,32-8-11-1-3-16(35-11)23(27)28)33-9-12-2-4-17(36-12)24(29)30/h1-6,13-14,18,25H,7-10H2,(H2,20,21,26)/t13-,14-,18+/m0/s1. The number of nitrogens with zero attached hydrogens (tertiary/aromatic N) is 4. The van der Waals surface area contributed by atoms with Crippen LogP contribution in [-0.2, 0) is 36.1 Å². The summed E-state index contributed by atoms with van der Waals surface area (Å²) < 4.78 is 45.7. The molecule has 3 aromatic rings. The highest BCUT2D eigenvalue weighted by Crippen LogP contribution is 2.52. The van der Waals surface area contributed by atoms with Gasteiger partial charge in [-0.15, -0.1) is 0 Å². The molecule has 38 heavy (non-hydrogen) atoms. The SMILES string of the molecule is Nc1ccn([C@@H]2O[C@H](COP(=O)(OCc3ccc([N+](=O)[O-])o3)OCc3ccc([N+](=O)[O-])o3)C[C@@H]2O)c(=O)n1. The molecule has 1 aliphatic rings. The number of nitrogens with two attached hydrogens (primary N) is 1. The van der Waals surface area contributed by atoms with Crippen molar-refractivity contribution in [2.45, 2.75) is 38.1 Å². The first-order valence-corrected chi connectivity index (χ1v) is 12.2. The summed E-state index contributed by atoms with van der Waals surface area (Å²) in [4.78, 5) is 35.7. The fourth-order valence-electron chi connectivity index (χ4n) is 3.36. The van der Waals surface area contributed by atoms with Gasteiger partial charge in [0.15, 0.2) is 6.23 Å². The predicted molar refractivity (Wildman–Crippen MR) is 121 cm³/mol. The van der Waals surface area contributed by atoms with Crippen molar-refractivity contribution in [1.29, 1.82) is 0 Å². The third kappa shape index (κ3) is 6.49. The van der Waals surface area contributed by atoms with Crippen LogP contribution in [0.25, 0.3) is 0 Å². The molecule has 0 aromatic carbocycles. The number of hydrogen-bond acceptors (Lipinski definition) is 15. The van der Waals surface area contributed by atoms with E-state index in [1.54, 1.807) is 0 Å². The maximum absolute atomic E-state index is 13.3. The van der Waals surface area contributed by atoms with Gasteiger partial charge in [0.25, 0.3) is 0 Å². The molecule has 0 bridgehead atoms. The predicted octanol–water partition coefficient (Wildman–Crippen LogP) is 2.03. The molecule has 18 nitrogen and oxygen atoms in total. The Hall–Kier alpha value is -3.93. The molecule has 3 aromatic heterocycles. The zero-order valence-corrected chi connectivity index (χ0v) is 20.1. The Morgan fingerprint density at radius 2 is 1.63 bits per heavy atom. The quantitative estimate of drug-likeness (QED) is 0.184. The van der Waals surface area contributed by atoms with Gasteiger partial charge in [0.1, 0.15) is 46.5 Å². The van der Waals surface area contributed by atoms with Crippen molar-refractivity contribution in [3.05, 3.63) is 78.8 Å². The normalized spacial score (nSPS) is 19.6. The second-order valence-corrected chi connectivity index (χ2v) is 9.45. The summed E-state index contributed by atoms with van der Waals surface area (Å²) in [6.07, 6.45) is -1.90. The van der Waals surface area contributed by atoms with E-state index >= 15 is 0 Å². The minimum atomic E-state index is -4.48. The van der Waals surface area contributed by atoms with Crippen LogP contribution in [0.15, 0.2) is 50.2 Å². The Balaban J connectivity index is 1.43. The van der Waals surface area contributed by atoms with Crippen molar-refractivity contribution in [1.82, 2.24) is 9.55 Å². The van der Waals surface area contributed by atoms with Crippen molar-refractivity contribution in [3.63, 3.8) is 0 Å². The number of aliphatic hydroxyl groups excluding tert-OH is 1. The molecule has 3 N–H and O–H groups in total. The topological polar surface area (TPSA) is 248 Å². The molecule has 0 amide bonds. The second kappa shape index (κ2) is 11.2. The van der Waals surface area contributed by atoms with E-state index in [2.05, 4.69) is 4.98 Å². The van der Waals surface area contributed by atoms with Gasteiger partial charge < -0.3 is 24.4 Å². The number of aromatic nitrogens is 2. The van der Waals surface area contributed by atoms with E-state index in [-0.39, 0.29) is 23.8 Å². The highest BCUT2D eigenvalue weighted by Gasteiger charge is 2.38. The summed E-state index contributed by atoms with van der Waals surface area (Å²) >= 11 is 0. The van der Waals surface area contributed by atoms with Gasteiger partial charge in [-0.05, 0) is 18.2 Å². The first-order valence-electron chi connectivity index (χ1n) is 10.7. The molecular formula is C19H20N5O13P.